The second-order valence-corrected chi connectivity index (χ2v) is 6.58. The molecule has 2 aromatic carbocycles. The number of aryl methyl sites for hydroxylation is 1. The summed E-state index contributed by atoms with van der Waals surface area (Å²) in [6.07, 6.45) is 0. The molecule has 126 valence electrons. The Labute approximate surface area is 141 Å². The monoisotopic (exact) mass is 370 g/mol. The molecule has 0 atom stereocenters. The number of nitrogens with zero attached hydrogens (tertiary/aromatic N) is 2. The number of aromatic hydroxyl groups is 1. The van der Waals surface area contributed by atoms with Crippen LogP contribution in [-0.2, 0) is 10.1 Å². The Morgan fingerprint density at radius 1 is 1.17 bits per heavy atom. The summed E-state index contributed by atoms with van der Waals surface area (Å²) >= 11 is 5.89. The lowest BCUT2D eigenvalue weighted by Crippen LogP contribution is -1.97. The van der Waals surface area contributed by atoms with Gasteiger partial charge in [0.1, 0.15) is 17.0 Å². The number of hydrogen-bond donors (Lipinski definition) is 3. The highest BCUT2D eigenvalue weighted by Crippen LogP contribution is 2.32. The molecule has 0 bridgehead atoms. The van der Waals surface area contributed by atoms with Gasteiger partial charge >= 0.3 is 5.97 Å². The zero-order chi connectivity index (χ0) is 18.1. The summed E-state index contributed by atoms with van der Waals surface area (Å²) in [6.45, 7) is 1.49. The molecule has 0 saturated heterocycles. The number of hydrogen-bond acceptors (Lipinski definition) is 6. The van der Waals surface area contributed by atoms with Crippen LogP contribution in [0, 0.1) is 6.92 Å². The van der Waals surface area contributed by atoms with E-state index in [1.165, 1.54) is 19.1 Å². The van der Waals surface area contributed by atoms with Crippen LogP contribution < -0.4 is 0 Å². The number of azo groups is 1. The highest BCUT2D eigenvalue weighted by Gasteiger charge is 2.14. The van der Waals surface area contributed by atoms with Crippen LogP contribution in [0.25, 0.3) is 0 Å². The van der Waals surface area contributed by atoms with Crippen molar-refractivity contribution in [2.75, 3.05) is 0 Å². The molecule has 0 fully saturated rings. The Bertz CT molecular complexity index is 956. The van der Waals surface area contributed by atoms with Crippen LogP contribution in [0.5, 0.6) is 5.75 Å². The van der Waals surface area contributed by atoms with E-state index in [1.54, 1.807) is 0 Å². The number of rotatable bonds is 4. The summed E-state index contributed by atoms with van der Waals surface area (Å²) in [4.78, 5) is 10.7. The maximum atomic E-state index is 11.1. The van der Waals surface area contributed by atoms with Gasteiger partial charge in [0.25, 0.3) is 10.1 Å². The first-order chi connectivity index (χ1) is 11.1. The standard InChI is InChI=1S/C14H11ClN2O6S/c1-7-4-8(5-10(13(7)18)14(19)20)16-17-12-6-9(24(21,22)23)2-3-11(12)15/h2-6,18H,1H3,(H,19,20)(H,21,22,23). The zero-order valence-corrected chi connectivity index (χ0v) is 13.7. The van der Waals surface area contributed by atoms with E-state index >= 15 is 0 Å². The first-order valence-electron chi connectivity index (χ1n) is 6.35. The predicted octanol–water partition coefficient (Wildman–Crippen LogP) is 3.71. The predicted molar refractivity (Wildman–Crippen MR) is 85.2 cm³/mol. The van der Waals surface area contributed by atoms with Crippen molar-refractivity contribution in [3.8, 4) is 5.75 Å². The van der Waals surface area contributed by atoms with Gasteiger partial charge in [-0.3, -0.25) is 4.55 Å². The van der Waals surface area contributed by atoms with Crippen LogP contribution in [0.4, 0.5) is 11.4 Å². The Balaban J connectivity index is 2.47. The lowest BCUT2D eigenvalue weighted by Gasteiger charge is -2.05. The molecule has 0 saturated carbocycles. The fourth-order valence-corrected chi connectivity index (χ4v) is 2.48. The second-order valence-electron chi connectivity index (χ2n) is 4.75. The molecule has 0 aliphatic carbocycles. The van der Waals surface area contributed by atoms with Gasteiger partial charge in [0.15, 0.2) is 0 Å². The third-order valence-corrected chi connectivity index (χ3v) is 4.17. The molecule has 8 nitrogen and oxygen atoms in total. The van der Waals surface area contributed by atoms with Gasteiger partial charge in [0, 0.05) is 0 Å². The highest BCUT2D eigenvalue weighted by molar-refractivity contribution is 7.85. The zero-order valence-electron chi connectivity index (χ0n) is 12.1. The van der Waals surface area contributed by atoms with Crippen molar-refractivity contribution in [2.45, 2.75) is 11.8 Å². The van der Waals surface area contributed by atoms with Crippen molar-refractivity contribution in [3.63, 3.8) is 0 Å². The molecule has 24 heavy (non-hydrogen) atoms. The topological polar surface area (TPSA) is 137 Å². The molecule has 0 radical (unpaired) electrons. The van der Waals surface area contributed by atoms with Crippen LogP contribution in [0.1, 0.15) is 15.9 Å². The number of phenols is 1. The van der Waals surface area contributed by atoms with Gasteiger partial charge < -0.3 is 10.2 Å². The smallest absolute Gasteiger partial charge is 0.339 e. The third-order valence-electron chi connectivity index (χ3n) is 3.00. The fourth-order valence-electron chi connectivity index (χ4n) is 1.82. The van der Waals surface area contributed by atoms with E-state index in [9.17, 15) is 18.3 Å². The van der Waals surface area contributed by atoms with Gasteiger partial charge in [-0.2, -0.15) is 13.5 Å². The minimum atomic E-state index is -4.43. The second kappa shape index (κ2) is 6.56. The molecule has 3 N–H and O–H groups in total. The molecule has 0 aliphatic rings. The minimum Gasteiger partial charge on any atom is -0.507 e. The molecule has 0 heterocycles. The number of benzene rings is 2. The van der Waals surface area contributed by atoms with E-state index in [0.29, 0.717) is 0 Å². The van der Waals surface area contributed by atoms with E-state index in [-0.39, 0.29) is 33.3 Å². The average molecular weight is 371 g/mol. The largest absolute Gasteiger partial charge is 0.507 e. The molecule has 2 rings (SSSR count). The summed E-state index contributed by atoms with van der Waals surface area (Å²) in [7, 11) is -4.43. The van der Waals surface area contributed by atoms with Crippen molar-refractivity contribution >= 4 is 39.1 Å². The minimum absolute atomic E-state index is 0.0330. The molecule has 0 amide bonds. The van der Waals surface area contributed by atoms with Crippen molar-refractivity contribution in [1.29, 1.82) is 0 Å². The maximum Gasteiger partial charge on any atom is 0.339 e. The lowest BCUT2D eigenvalue weighted by molar-refractivity contribution is 0.0693. The molecule has 0 unspecified atom stereocenters. The van der Waals surface area contributed by atoms with Crippen molar-refractivity contribution in [3.05, 3.63) is 46.5 Å². The van der Waals surface area contributed by atoms with E-state index in [0.717, 1.165) is 18.2 Å². The van der Waals surface area contributed by atoms with Gasteiger partial charge in [0.2, 0.25) is 0 Å². The molecule has 2 aromatic rings. The molecular formula is C14H11ClN2O6S. The number of halogens is 1. The van der Waals surface area contributed by atoms with Crippen LogP contribution in [-0.4, -0.2) is 29.2 Å². The van der Waals surface area contributed by atoms with Crippen LogP contribution >= 0.6 is 11.6 Å². The van der Waals surface area contributed by atoms with Crippen molar-refractivity contribution in [2.24, 2.45) is 10.2 Å². The molecule has 10 heteroatoms. The van der Waals surface area contributed by atoms with Gasteiger partial charge in [-0.1, -0.05) is 11.6 Å². The van der Waals surface area contributed by atoms with E-state index in [4.69, 9.17) is 21.3 Å². The maximum absolute atomic E-state index is 11.1. The normalized spacial score (nSPS) is 11.8. The Morgan fingerprint density at radius 3 is 2.42 bits per heavy atom. The first-order valence-corrected chi connectivity index (χ1v) is 8.17. The third kappa shape index (κ3) is 3.88. The lowest BCUT2D eigenvalue weighted by atomic mass is 10.1. The number of carboxylic acid groups (broad SMARTS) is 1. The van der Waals surface area contributed by atoms with Gasteiger partial charge in [0.05, 0.1) is 15.6 Å². The molecule has 0 aromatic heterocycles. The summed E-state index contributed by atoms with van der Waals surface area (Å²) in [6, 6.07) is 5.85. The van der Waals surface area contributed by atoms with E-state index in [1.807, 2.05) is 0 Å². The number of carbonyl (C=O) groups is 1. The van der Waals surface area contributed by atoms with Gasteiger partial charge in [-0.25, -0.2) is 4.79 Å². The average Bonchev–Trinajstić information content (AvgIpc) is 2.48. The first kappa shape index (κ1) is 17.9. The Hall–Kier alpha value is -2.49. The van der Waals surface area contributed by atoms with Crippen LogP contribution in [0.2, 0.25) is 5.02 Å². The van der Waals surface area contributed by atoms with Crippen LogP contribution in [0.3, 0.4) is 0 Å². The van der Waals surface area contributed by atoms with Gasteiger partial charge in [-0.05, 0) is 42.8 Å². The quantitative estimate of drug-likeness (QED) is 0.554. The summed E-state index contributed by atoms with van der Waals surface area (Å²) in [5.74, 6) is -1.72. The van der Waals surface area contributed by atoms with E-state index < -0.39 is 21.0 Å². The fraction of sp³-hybridized carbons (Fsp3) is 0.0714. The summed E-state index contributed by atoms with van der Waals surface area (Å²) in [5, 5.41) is 26.3. The number of carboxylic acids is 1. The van der Waals surface area contributed by atoms with Crippen molar-refractivity contribution in [1.82, 2.24) is 0 Å². The molecule has 0 spiro atoms. The number of aromatic carboxylic acids is 1. The van der Waals surface area contributed by atoms with Crippen molar-refractivity contribution < 1.29 is 28.0 Å². The SMILES string of the molecule is Cc1cc(N=Nc2cc(S(=O)(=O)O)ccc2Cl)cc(C(=O)O)c1O. The Kier molecular flexibility index (Phi) is 4.88. The highest BCUT2D eigenvalue weighted by atomic mass is 35.5. The van der Waals surface area contributed by atoms with E-state index in [2.05, 4.69) is 10.2 Å². The molecule has 0 aliphatic heterocycles. The molecular weight excluding hydrogens is 360 g/mol. The Morgan fingerprint density at radius 2 is 1.83 bits per heavy atom. The van der Waals surface area contributed by atoms with Gasteiger partial charge in [-0.15, -0.1) is 5.11 Å². The summed E-state index contributed by atoms with van der Waals surface area (Å²) < 4.78 is 31.3. The van der Waals surface area contributed by atoms with Crippen LogP contribution in [0.15, 0.2) is 45.5 Å². The summed E-state index contributed by atoms with van der Waals surface area (Å²) in [5.41, 5.74) is 0.0220.